The van der Waals surface area contributed by atoms with Gasteiger partial charge in [-0.3, -0.25) is 9.59 Å². The minimum absolute atomic E-state index is 0.164. The Hall–Kier alpha value is -2.46. The summed E-state index contributed by atoms with van der Waals surface area (Å²) in [6.45, 7) is 1.57. The highest BCUT2D eigenvalue weighted by molar-refractivity contribution is 6.51. The molecule has 1 aromatic carbocycles. The van der Waals surface area contributed by atoms with Crippen LogP contribution in [0.2, 0.25) is 0 Å². The maximum absolute atomic E-state index is 12.1. The number of rotatable bonds is 2. The maximum atomic E-state index is 12.1. The Bertz CT molecular complexity index is 722. The van der Waals surface area contributed by atoms with Gasteiger partial charge in [-0.15, -0.1) is 0 Å². The predicted molar refractivity (Wildman–Crippen MR) is 72.2 cm³/mol. The van der Waals surface area contributed by atoms with Crippen LogP contribution in [0.5, 0.6) is 0 Å². The van der Waals surface area contributed by atoms with Crippen molar-refractivity contribution in [2.45, 2.75) is 13.0 Å². The van der Waals surface area contributed by atoms with Crippen molar-refractivity contribution < 1.29 is 19.1 Å². The smallest absolute Gasteiger partial charge is 0.237 e. The van der Waals surface area contributed by atoms with Crippen molar-refractivity contribution in [3.05, 3.63) is 64.6 Å². The Balaban J connectivity index is 2.11. The lowest BCUT2D eigenvalue weighted by Crippen LogP contribution is -2.21. The lowest BCUT2D eigenvalue weighted by atomic mass is 9.90. The van der Waals surface area contributed by atoms with Crippen LogP contribution in [0.15, 0.2) is 46.6 Å². The molecule has 0 bridgehead atoms. The van der Waals surface area contributed by atoms with E-state index in [1.165, 1.54) is 12.3 Å². The summed E-state index contributed by atoms with van der Waals surface area (Å²) in [4.78, 5) is 23.8. The molecule has 100 valence electrons. The van der Waals surface area contributed by atoms with Gasteiger partial charge in [0.25, 0.3) is 0 Å². The van der Waals surface area contributed by atoms with Gasteiger partial charge < -0.3 is 9.52 Å². The lowest BCUT2D eigenvalue weighted by Gasteiger charge is -2.13. The number of Topliss-reactive ketones (excluding diaryl/α,β-unsaturated/α-hetero) is 2. The highest BCUT2D eigenvalue weighted by atomic mass is 16.3. The fourth-order valence-electron chi connectivity index (χ4n) is 2.31. The Morgan fingerprint density at radius 1 is 1.10 bits per heavy atom. The third-order valence-electron chi connectivity index (χ3n) is 3.40. The Kier molecular flexibility index (Phi) is 2.88. The second-order valence-electron chi connectivity index (χ2n) is 4.73. The van der Waals surface area contributed by atoms with Gasteiger partial charge in [-0.1, -0.05) is 30.3 Å². The first-order valence-electron chi connectivity index (χ1n) is 6.21. The van der Waals surface area contributed by atoms with E-state index in [-0.39, 0.29) is 5.56 Å². The molecular weight excluding hydrogens is 256 g/mol. The van der Waals surface area contributed by atoms with Crippen molar-refractivity contribution in [1.29, 1.82) is 0 Å². The molecule has 4 heteroatoms. The van der Waals surface area contributed by atoms with E-state index in [0.29, 0.717) is 22.5 Å². The van der Waals surface area contributed by atoms with E-state index in [9.17, 15) is 14.7 Å². The number of aliphatic hydroxyl groups excluding tert-OH is 1. The van der Waals surface area contributed by atoms with Crippen LogP contribution < -0.4 is 0 Å². The summed E-state index contributed by atoms with van der Waals surface area (Å²) in [5.74, 6) is -0.851. The second-order valence-corrected chi connectivity index (χ2v) is 4.73. The van der Waals surface area contributed by atoms with Crippen molar-refractivity contribution >= 4 is 17.6 Å². The van der Waals surface area contributed by atoms with Crippen LogP contribution in [0, 0.1) is 0 Å². The molecule has 0 fully saturated rings. The number of benzene rings is 1. The van der Waals surface area contributed by atoms with Gasteiger partial charge in [0.15, 0.2) is 0 Å². The number of carbonyl (C=O) groups is 2. The Morgan fingerprint density at radius 3 is 2.50 bits per heavy atom. The van der Waals surface area contributed by atoms with E-state index in [1.807, 2.05) is 6.07 Å². The SMILES string of the molecule is CC1=Cc2occ(C(O)c3ccccc3)c2C(=O)C1=O. The molecule has 1 aliphatic carbocycles. The Morgan fingerprint density at radius 2 is 1.80 bits per heavy atom. The van der Waals surface area contributed by atoms with Crippen LogP contribution in [0.4, 0.5) is 0 Å². The van der Waals surface area contributed by atoms with Gasteiger partial charge in [-0.2, -0.15) is 0 Å². The molecule has 1 atom stereocenters. The summed E-state index contributed by atoms with van der Waals surface area (Å²) < 4.78 is 5.31. The number of carbonyl (C=O) groups excluding carboxylic acids is 2. The van der Waals surface area contributed by atoms with Gasteiger partial charge >= 0.3 is 0 Å². The van der Waals surface area contributed by atoms with Gasteiger partial charge in [0.05, 0.1) is 11.8 Å². The predicted octanol–water partition coefficient (Wildman–Crippen LogP) is 2.53. The highest BCUT2D eigenvalue weighted by Gasteiger charge is 2.33. The summed E-state index contributed by atoms with van der Waals surface area (Å²) in [6.07, 6.45) is 1.87. The largest absolute Gasteiger partial charge is 0.464 e. The molecule has 0 amide bonds. The molecule has 2 aromatic rings. The standard InChI is InChI=1S/C16H12O4/c1-9-7-12-13(16(19)14(9)17)11(8-20-12)15(18)10-5-3-2-4-6-10/h2-8,15,18H,1H3. The summed E-state index contributed by atoms with van der Waals surface area (Å²) in [6, 6.07) is 8.92. The Labute approximate surface area is 115 Å². The van der Waals surface area contributed by atoms with Crippen molar-refractivity contribution in [2.75, 3.05) is 0 Å². The number of hydrogen-bond donors (Lipinski definition) is 1. The molecule has 0 saturated heterocycles. The molecule has 1 aromatic heterocycles. The summed E-state index contributed by atoms with van der Waals surface area (Å²) >= 11 is 0. The molecule has 0 radical (unpaired) electrons. The average Bonchev–Trinajstić information content (AvgIpc) is 2.88. The molecular formula is C16H12O4. The quantitative estimate of drug-likeness (QED) is 0.850. The van der Waals surface area contributed by atoms with Crippen molar-refractivity contribution in [3.8, 4) is 0 Å². The first-order valence-corrected chi connectivity index (χ1v) is 6.21. The van der Waals surface area contributed by atoms with Gasteiger partial charge in [0.2, 0.25) is 11.6 Å². The average molecular weight is 268 g/mol. The maximum Gasteiger partial charge on any atom is 0.237 e. The fourth-order valence-corrected chi connectivity index (χ4v) is 2.31. The monoisotopic (exact) mass is 268 g/mol. The third kappa shape index (κ3) is 1.82. The van der Waals surface area contributed by atoms with Gasteiger partial charge in [-0.05, 0) is 18.6 Å². The van der Waals surface area contributed by atoms with Crippen LogP contribution >= 0.6 is 0 Å². The first kappa shape index (κ1) is 12.6. The number of aliphatic hydroxyl groups is 1. The zero-order chi connectivity index (χ0) is 14.3. The van der Waals surface area contributed by atoms with Crippen LogP contribution in [0.25, 0.3) is 6.08 Å². The minimum atomic E-state index is -0.993. The van der Waals surface area contributed by atoms with Gasteiger partial charge in [0.1, 0.15) is 11.9 Å². The molecule has 4 nitrogen and oxygen atoms in total. The van der Waals surface area contributed by atoms with E-state index >= 15 is 0 Å². The van der Waals surface area contributed by atoms with Crippen molar-refractivity contribution in [3.63, 3.8) is 0 Å². The zero-order valence-corrected chi connectivity index (χ0v) is 10.8. The topological polar surface area (TPSA) is 67.5 Å². The molecule has 0 aliphatic heterocycles. The molecule has 1 aliphatic rings. The number of ketones is 2. The second kappa shape index (κ2) is 4.58. The summed E-state index contributed by atoms with van der Waals surface area (Å²) in [5.41, 5.74) is 1.48. The van der Waals surface area contributed by atoms with Crippen LogP contribution in [-0.2, 0) is 4.79 Å². The fraction of sp³-hybridized carbons (Fsp3) is 0.125. The van der Waals surface area contributed by atoms with Gasteiger partial charge in [-0.25, -0.2) is 0 Å². The summed E-state index contributed by atoms with van der Waals surface area (Å²) in [7, 11) is 0. The third-order valence-corrected chi connectivity index (χ3v) is 3.40. The molecule has 3 rings (SSSR count). The highest BCUT2D eigenvalue weighted by Crippen LogP contribution is 2.32. The zero-order valence-electron chi connectivity index (χ0n) is 10.8. The van der Waals surface area contributed by atoms with Crippen molar-refractivity contribution in [1.82, 2.24) is 0 Å². The number of hydrogen-bond acceptors (Lipinski definition) is 4. The van der Waals surface area contributed by atoms with E-state index in [0.717, 1.165) is 0 Å². The number of allylic oxidation sites excluding steroid dienone is 1. The lowest BCUT2D eigenvalue weighted by molar-refractivity contribution is -0.111. The first-order chi connectivity index (χ1) is 9.59. The van der Waals surface area contributed by atoms with E-state index in [4.69, 9.17) is 4.42 Å². The van der Waals surface area contributed by atoms with Crippen molar-refractivity contribution in [2.24, 2.45) is 0 Å². The molecule has 0 saturated carbocycles. The molecule has 0 spiro atoms. The van der Waals surface area contributed by atoms with Crippen LogP contribution in [-0.4, -0.2) is 16.7 Å². The molecule has 1 heterocycles. The number of fused-ring (bicyclic) bond motifs is 1. The summed E-state index contributed by atoms with van der Waals surface area (Å²) in [5, 5.41) is 10.4. The van der Waals surface area contributed by atoms with E-state index < -0.39 is 17.7 Å². The van der Waals surface area contributed by atoms with Gasteiger partial charge in [0, 0.05) is 11.1 Å². The van der Waals surface area contributed by atoms with E-state index in [1.54, 1.807) is 31.2 Å². The van der Waals surface area contributed by atoms with Crippen LogP contribution in [0.3, 0.4) is 0 Å². The minimum Gasteiger partial charge on any atom is -0.464 e. The van der Waals surface area contributed by atoms with E-state index in [2.05, 4.69) is 0 Å². The number of furan rings is 1. The molecule has 1 N–H and O–H groups in total. The molecule has 20 heavy (non-hydrogen) atoms. The van der Waals surface area contributed by atoms with Crippen LogP contribution in [0.1, 0.15) is 40.3 Å². The normalized spacial score (nSPS) is 15.8. The molecule has 1 unspecified atom stereocenters.